The molecule has 3 fully saturated rings. The molecule has 2 saturated carbocycles. The van der Waals surface area contributed by atoms with Crippen molar-refractivity contribution in [1.82, 2.24) is 15.5 Å². The molecule has 0 bridgehead atoms. The van der Waals surface area contributed by atoms with Gasteiger partial charge < -0.3 is 15.5 Å². The standard InChI is InChI=1S/C20H35N3O2/c1-14(13-15-10-11-15)22-19(24)17-9-6-12-23(17)20(25)18(21-2)16-7-4-3-5-8-16/h14-18,21H,3-13H2,1-2H3,(H,22,24). The molecule has 3 atom stereocenters. The van der Waals surface area contributed by atoms with Crippen molar-refractivity contribution in [3.63, 3.8) is 0 Å². The second kappa shape index (κ2) is 8.52. The highest BCUT2D eigenvalue weighted by molar-refractivity contribution is 5.90. The largest absolute Gasteiger partial charge is 0.352 e. The zero-order valence-electron chi connectivity index (χ0n) is 15.9. The number of carbonyl (C=O) groups is 2. The van der Waals surface area contributed by atoms with Gasteiger partial charge in [-0.05, 0) is 57.9 Å². The first-order chi connectivity index (χ1) is 12.1. The summed E-state index contributed by atoms with van der Waals surface area (Å²) < 4.78 is 0. The third kappa shape index (κ3) is 4.75. The minimum atomic E-state index is -0.270. The summed E-state index contributed by atoms with van der Waals surface area (Å²) in [6, 6.07) is -0.179. The molecule has 5 nitrogen and oxygen atoms in total. The van der Waals surface area contributed by atoms with Crippen LogP contribution in [0.1, 0.15) is 71.1 Å². The Kier molecular flexibility index (Phi) is 6.37. The summed E-state index contributed by atoms with van der Waals surface area (Å²) >= 11 is 0. The van der Waals surface area contributed by atoms with Gasteiger partial charge in [-0.1, -0.05) is 32.1 Å². The van der Waals surface area contributed by atoms with Gasteiger partial charge in [-0.2, -0.15) is 0 Å². The fraction of sp³-hybridized carbons (Fsp3) is 0.900. The van der Waals surface area contributed by atoms with Gasteiger partial charge in [0.15, 0.2) is 0 Å². The quantitative estimate of drug-likeness (QED) is 0.742. The molecule has 2 aliphatic carbocycles. The van der Waals surface area contributed by atoms with E-state index in [9.17, 15) is 9.59 Å². The summed E-state index contributed by atoms with van der Waals surface area (Å²) in [5, 5.41) is 6.42. The first-order valence-corrected chi connectivity index (χ1v) is 10.4. The number of likely N-dealkylation sites (tertiary alicyclic amines) is 1. The number of nitrogens with zero attached hydrogens (tertiary/aromatic N) is 1. The van der Waals surface area contributed by atoms with E-state index < -0.39 is 0 Å². The summed E-state index contributed by atoms with van der Waals surface area (Å²) in [5.74, 6) is 1.42. The van der Waals surface area contributed by atoms with Crippen molar-refractivity contribution in [2.75, 3.05) is 13.6 Å². The number of hydrogen-bond acceptors (Lipinski definition) is 3. The maximum Gasteiger partial charge on any atom is 0.243 e. The normalized spacial score (nSPS) is 27.1. The zero-order valence-corrected chi connectivity index (χ0v) is 15.9. The molecular weight excluding hydrogens is 314 g/mol. The maximum atomic E-state index is 13.1. The number of amides is 2. The maximum absolute atomic E-state index is 13.1. The van der Waals surface area contributed by atoms with Crippen LogP contribution in [-0.2, 0) is 9.59 Å². The average molecular weight is 350 g/mol. The number of carbonyl (C=O) groups excluding carboxylic acids is 2. The molecule has 5 heteroatoms. The average Bonchev–Trinajstić information content (AvgIpc) is 3.27. The molecule has 0 aromatic carbocycles. The minimum absolute atomic E-state index is 0.0532. The van der Waals surface area contributed by atoms with Gasteiger partial charge in [-0.15, -0.1) is 0 Å². The van der Waals surface area contributed by atoms with Crippen LogP contribution in [0.2, 0.25) is 0 Å². The van der Waals surface area contributed by atoms with Crippen LogP contribution in [0.5, 0.6) is 0 Å². The highest BCUT2D eigenvalue weighted by Crippen LogP contribution is 2.33. The van der Waals surface area contributed by atoms with Gasteiger partial charge in [0.2, 0.25) is 11.8 Å². The van der Waals surface area contributed by atoms with E-state index in [1.807, 2.05) is 11.9 Å². The van der Waals surface area contributed by atoms with E-state index in [4.69, 9.17) is 0 Å². The van der Waals surface area contributed by atoms with Crippen molar-refractivity contribution in [2.45, 2.75) is 89.3 Å². The highest BCUT2D eigenvalue weighted by atomic mass is 16.2. The molecule has 0 aromatic rings. The van der Waals surface area contributed by atoms with Crippen molar-refractivity contribution < 1.29 is 9.59 Å². The van der Waals surface area contributed by atoms with Crippen LogP contribution in [-0.4, -0.2) is 48.4 Å². The van der Waals surface area contributed by atoms with Crippen LogP contribution in [0, 0.1) is 11.8 Å². The van der Waals surface area contributed by atoms with Gasteiger partial charge in [-0.3, -0.25) is 9.59 Å². The predicted molar refractivity (Wildman–Crippen MR) is 99.1 cm³/mol. The van der Waals surface area contributed by atoms with E-state index in [1.165, 1.54) is 32.1 Å². The Morgan fingerprint density at radius 3 is 2.40 bits per heavy atom. The molecule has 3 aliphatic rings. The summed E-state index contributed by atoms with van der Waals surface area (Å²) in [6.07, 6.45) is 11.4. The van der Waals surface area contributed by atoms with E-state index in [0.717, 1.165) is 44.6 Å². The van der Waals surface area contributed by atoms with Gasteiger partial charge in [0, 0.05) is 12.6 Å². The van der Waals surface area contributed by atoms with Gasteiger partial charge in [0.1, 0.15) is 6.04 Å². The Labute approximate surface area is 152 Å². The molecule has 3 unspecified atom stereocenters. The monoisotopic (exact) mass is 349 g/mol. The topological polar surface area (TPSA) is 61.4 Å². The molecule has 1 heterocycles. The van der Waals surface area contributed by atoms with Crippen LogP contribution in [0.3, 0.4) is 0 Å². The number of likely N-dealkylation sites (N-methyl/N-ethyl adjacent to an activating group) is 1. The SMILES string of the molecule is CNC(C(=O)N1CCCC1C(=O)NC(C)CC1CC1)C1CCCCC1. The third-order valence-electron chi connectivity index (χ3n) is 6.31. The molecule has 1 saturated heterocycles. The second-order valence-electron chi connectivity index (χ2n) is 8.44. The van der Waals surface area contributed by atoms with E-state index in [2.05, 4.69) is 17.6 Å². The van der Waals surface area contributed by atoms with Crippen molar-refractivity contribution in [1.29, 1.82) is 0 Å². The summed E-state index contributed by atoms with van der Waals surface area (Å²) in [6.45, 7) is 2.81. The zero-order chi connectivity index (χ0) is 17.8. The minimum Gasteiger partial charge on any atom is -0.352 e. The van der Waals surface area contributed by atoms with Gasteiger partial charge in [-0.25, -0.2) is 0 Å². The summed E-state index contributed by atoms with van der Waals surface area (Å²) in [4.78, 5) is 27.7. The molecule has 25 heavy (non-hydrogen) atoms. The number of rotatable bonds is 7. The van der Waals surface area contributed by atoms with Crippen molar-refractivity contribution in [3.05, 3.63) is 0 Å². The van der Waals surface area contributed by atoms with Crippen molar-refractivity contribution in [3.8, 4) is 0 Å². The molecule has 3 rings (SSSR count). The lowest BCUT2D eigenvalue weighted by Crippen LogP contribution is -2.55. The molecular formula is C20H35N3O2. The fourth-order valence-corrected chi connectivity index (χ4v) is 4.76. The van der Waals surface area contributed by atoms with Crippen LogP contribution in [0.4, 0.5) is 0 Å². The second-order valence-corrected chi connectivity index (χ2v) is 8.44. The van der Waals surface area contributed by atoms with E-state index in [-0.39, 0.29) is 29.9 Å². The van der Waals surface area contributed by atoms with E-state index in [0.29, 0.717) is 5.92 Å². The lowest BCUT2D eigenvalue weighted by Gasteiger charge is -2.34. The highest BCUT2D eigenvalue weighted by Gasteiger charge is 2.39. The fourth-order valence-electron chi connectivity index (χ4n) is 4.76. The Hall–Kier alpha value is -1.10. The lowest BCUT2D eigenvalue weighted by atomic mass is 9.83. The van der Waals surface area contributed by atoms with Crippen LogP contribution < -0.4 is 10.6 Å². The Bertz CT molecular complexity index is 472. The van der Waals surface area contributed by atoms with E-state index in [1.54, 1.807) is 0 Å². The number of nitrogens with one attached hydrogen (secondary N) is 2. The van der Waals surface area contributed by atoms with Gasteiger partial charge in [0.25, 0.3) is 0 Å². The molecule has 0 aromatic heterocycles. The van der Waals surface area contributed by atoms with Crippen LogP contribution in [0.15, 0.2) is 0 Å². The predicted octanol–water partition coefficient (Wildman–Crippen LogP) is 2.45. The Morgan fingerprint density at radius 1 is 1.04 bits per heavy atom. The molecule has 0 radical (unpaired) electrons. The van der Waals surface area contributed by atoms with Crippen LogP contribution in [0.25, 0.3) is 0 Å². The number of hydrogen-bond donors (Lipinski definition) is 2. The Morgan fingerprint density at radius 2 is 1.76 bits per heavy atom. The van der Waals surface area contributed by atoms with Crippen molar-refractivity contribution >= 4 is 11.8 Å². The summed E-state index contributed by atoms with van der Waals surface area (Å²) in [7, 11) is 1.89. The molecule has 2 amide bonds. The molecule has 142 valence electrons. The first kappa shape index (κ1) is 18.7. The van der Waals surface area contributed by atoms with E-state index >= 15 is 0 Å². The first-order valence-electron chi connectivity index (χ1n) is 10.4. The lowest BCUT2D eigenvalue weighted by molar-refractivity contribution is -0.141. The van der Waals surface area contributed by atoms with Gasteiger partial charge in [0.05, 0.1) is 6.04 Å². The van der Waals surface area contributed by atoms with Crippen molar-refractivity contribution in [2.24, 2.45) is 11.8 Å². The molecule has 1 aliphatic heterocycles. The van der Waals surface area contributed by atoms with Crippen LogP contribution >= 0.6 is 0 Å². The molecule has 2 N–H and O–H groups in total. The molecule has 0 spiro atoms. The summed E-state index contributed by atoms with van der Waals surface area (Å²) in [5.41, 5.74) is 0. The Balaban J connectivity index is 1.58. The third-order valence-corrected chi connectivity index (χ3v) is 6.31. The van der Waals surface area contributed by atoms with Gasteiger partial charge >= 0.3 is 0 Å². The smallest absolute Gasteiger partial charge is 0.243 e.